The maximum absolute atomic E-state index is 11.7. The first-order valence-electron chi connectivity index (χ1n) is 6.30. The van der Waals surface area contributed by atoms with Crippen LogP contribution in [0.4, 0.5) is 0 Å². The molecule has 0 aliphatic carbocycles. The third kappa shape index (κ3) is 4.09. The largest absolute Gasteiger partial charge is 0.496 e. The number of carbonyl (C=O) groups is 2. The number of ketones is 1. The fourth-order valence-corrected chi connectivity index (χ4v) is 1.94. The molecule has 104 valence electrons. The van der Waals surface area contributed by atoms with Crippen LogP contribution in [0.5, 0.6) is 5.75 Å². The Balaban J connectivity index is 2.88. The van der Waals surface area contributed by atoms with Gasteiger partial charge in [-0.15, -0.1) is 0 Å². The van der Waals surface area contributed by atoms with Crippen LogP contribution < -0.4 is 4.74 Å². The second kappa shape index (κ2) is 6.92. The molecule has 0 aliphatic rings. The van der Waals surface area contributed by atoms with Crippen LogP contribution in [0.3, 0.4) is 0 Å². The number of carbonyl (C=O) groups excluding carboxylic acids is 2. The molecule has 19 heavy (non-hydrogen) atoms. The van der Waals surface area contributed by atoms with Crippen molar-refractivity contribution in [1.82, 2.24) is 0 Å². The molecule has 1 unspecified atom stereocenters. The Labute approximate surface area is 113 Å². The molecule has 0 saturated heterocycles. The van der Waals surface area contributed by atoms with Gasteiger partial charge in [-0.2, -0.15) is 0 Å². The summed E-state index contributed by atoms with van der Waals surface area (Å²) in [5.74, 6) is -0.567. The first kappa shape index (κ1) is 15.2. The van der Waals surface area contributed by atoms with Gasteiger partial charge in [0.1, 0.15) is 17.5 Å². The van der Waals surface area contributed by atoms with E-state index in [-0.39, 0.29) is 12.4 Å². The van der Waals surface area contributed by atoms with E-state index in [9.17, 15) is 9.59 Å². The fraction of sp³-hybridized carbons (Fsp3) is 0.467. The second-order valence-electron chi connectivity index (χ2n) is 4.42. The van der Waals surface area contributed by atoms with Crippen LogP contribution in [0.15, 0.2) is 18.2 Å². The smallest absolute Gasteiger partial charge is 0.316 e. The number of aryl methyl sites for hydroxylation is 1. The molecule has 4 heteroatoms. The Morgan fingerprint density at radius 1 is 1.32 bits per heavy atom. The highest BCUT2D eigenvalue weighted by Crippen LogP contribution is 2.21. The lowest BCUT2D eigenvalue weighted by molar-refractivity contribution is -0.151. The monoisotopic (exact) mass is 264 g/mol. The number of benzene rings is 1. The van der Waals surface area contributed by atoms with Crippen LogP contribution >= 0.6 is 0 Å². The summed E-state index contributed by atoms with van der Waals surface area (Å²) < 4.78 is 10.1. The van der Waals surface area contributed by atoms with Crippen LogP contribution in [-0.4, -0.2) is 25.5 Å². The van der Waals surface area contributed by atoms with Crippen molar-refractivity contribution in [2.45, 2.75) is 27.2 Å². The molecule has 1 atom stereocenters. The summed E-state index contributed by atoms with van der Waals surface area (Å²) in [6.07, 6.45) is 0.360. The van der Waals surface area contributed by atoms with E-state index in [1.165, 1.54) is 6.92 Å². The molecule has 0 amide bonds. The van der Waals surface area contributed by atoms with Gasteiger partial charge in [0.2, 0.25) is 0 Å². The number of esters is 1. The van der Waals surface area contributed by atoms with Gasteiger partial charge >= 0.3 is 5.97 Å². The van der Waals surface area contributed by atoms with Gasteiger partial charge in [0.15, 0.2) is 0 Å². The molecule has 0 spiro atoms. The van der Waals surface area contributed by atoms with Crippen molar-refractivity contribution in [3.05, 3.63) is 29.3 Å². The number of ether oxygens (including phenoxy) is 2. The minimum Gasteiger partial charge on any atom is -0.496 e. The highest BCUT2D eigenvalue weighted by Gasteiger charge is 2.25. The molecule has 4 nitrogen and oxygen atoms in total. The molecule has 0 radical (unpaired) electrons. The van der Waals surface area contributed by atoms with E-state index >= 15 is 0 Å². The van der Waals surface area contributed by atoms with Gasteiger partial charge in [0, 0.05) is 0 Å². The summed E-state index contributed by atoms with van der Waals surface area (Å²) in [5.41, 5.74) is 1.90. The normalized spacial score (nSPS) is 11.8. The number of Topliss-reactive ketones (excluding diaryl/α,β-unsaturated/α-hetero) is 1. The van der Waals surface area contributed by atoms with Gasteiger partial charge in [0.25, 0.3) is 0 Å². The minimum atomic E-state index is -0.729. The Morgan fingerprint density at radius 3 is 2.47 bits per heavy atom. The zero-order valence-corrected chi connectivity index (χ0v) is 11.9. The van der Waals surface area contributed by atoms with E-state index < -0.39 is 11.9 Å². The summed E-state index contributed by atoms with van der Waals surface area (Å²) in [5, 5.41) is 0. The van der Waals surface area contributed by atoms with Crippen molar-refractivity contribution in [1.29, 1.82) is 0 Å². The number of hydrogen-bond acceptors (Lipinski definition) is 4. The molecule has 0 heterocycles. The molecule has 0 aromatic heterocycles. The highest BCUT2D eigenvalue weighted by atomic mass is 16.5. The first-order chi connectivity index (χ1) is 8.99. The lowest BCUT2D eigenvalue weighted by Gasteiger charge is -2.13. The number of hydrogen-bond donors (Lipinski definition) is 0. The maximum Gasteiger partial charge on any atom is 0.316 e. The van der Waals surface area contributed by atoms with Gasteiger partial charge in [-0.25, -0.2) is 0 Å². The summed E-state index contributed by atoms with van der Waals surface area (Å²) >= 11 is 0. The summed E-state index contributed by atoms with van der Waals surface area (Å²) in [6.45, 7) is 5.35. The quantitative estimate of drug-likeness (QED) is 0.584. The maximum atomic E-state index is 11.7. The van der Waals surface area contributed by atoms with Crippen molar-refractivity contribution < 1.29 is 19.1 Å². The van der Waals surface area contributed by atoms with Gasteiger partial charge in [0.05, 0.1) is 13.7 Å². The Morgan fingerprint density at radius 2 is 2.00 bits per heavy atom. The Hall–Kier alpha value is -1.84. The molecular weight excluding hydrogens is 244 g/mol. The Bertz CT molecular complexity index is 465. The van der Waals surface area contributed by atoms with E-state index in [0.717, 1.165) is 16.9 Å². The molecule has 1 aromatic rings. The van der Waals surface area contributed by atoms with Crippen LogP contribution in [0, 0.1) is 12.8 Å². The standard InChI is InChI=1S/C15H20O4/c1-5-19-15(17)13(11(3)16)9-12-6-7-14(18-4)10(2)8-12/h6-8,13H,5,9H2,1-4H3. The zero-order chi connectivity index (χ0) is 14.4. The van der Waals surface area contributed by atoms with Gasteiger partial charge in [-0.05, 0) is 44.4 Å². The SMILES string of the molecule is CCOC(=O)C(Cc1ccc(OC)c(C)c1)C(C)=O. The Kier molecular flexibility index (Phi) is 5.55. The molecule has 0 fully saturated rings. The number of rotatable bonds is 6. The third-order valence-corrected chi connectivity index (χ3v) is 2.96. The van der Waals surface area contributed by atoms with Crippen LogP contribution in [0.25, 0.3) is 0 Å². The molecule has 0 saturated carbocycles. The lowest BCUT2D eigenvalue weighted by Crippen LogP contribution is -2.26. The second-order valence-corrected chi connectivity index (χ2v) is 4.42. The average molecular weight is 264 g/mol. The molecule has 1 aromatic carbocycles. The molecule has 0 bridgehead atoms. The van der Waals surface area contributed by atoms with Crippen LogP contribution in [0.2, 0.25) is 0 Å². The molecular formula is C15H20O4. The van der Waals surface area contributed by atoms with Gasteiger partial charge < -0.3 is 9.47 Å². The van der Waals surface area contributed by atoms with Crippen molar-refractivity contribution in [3.8, 4) is 5.75 Å². The highest BCUT2D eigenvalue weighted by molar-refractivity contribution is 5.98. The predicted octanol–water partition coefficient (Wildman–Crippen LogP) is 2.31. The van der Waals surface area contributed by atoms with Crippen LogP contribution in [0.1, 0.15) is 25.0 Å². The molecule has 1 rings (SSSR count). The van der Waals surface area contributed by atoms with E-state index in [0.29, 0.717) is 6.42 Å². The van der Waals surface area contributed by atoms with Crippen molar-refractivity contribution in [2.75, 3.05) is 13.7 Å². The van der Waals surface area contributed by atoms with Crippen molar-refractivity contribution in [3.63, 3.8) is 0 Å². The number of methoxy groups -OCH3 is 1. The van der Waals surface area contributed by atoms with E-state index in [4.69, 9.17) is 9.47 Å². The molecule has 0 N–H and O–H groups in total. The summed E-state index contributed by atoms with van der Waals surface area (Å²) in [4.78, 5) is 23.3. The minimum absolute atomic E-state index is 0.174. The van der Waals surface area contributed by atoms with Crippen molar-refractivity contribution >= 4 is 11.8 Å². The summed E-state index contributed by atoms with van der Waals surface area (Å²) in [7, 11) is 1.61. The topological polar surface area (TPSA) is 52.6 Å². The first-order valence-corrected chi connectivity index (χ1v) is 6.30. The van der Waals surface area contributed by atoms with Gasteiger partial charge in [-0.1, -0.05) is 12.1 Å². The predicted molar refractivity (Wildman–Crippen MR) is 72.2 cm³/mol. The van der Waals surface area contributed by atoms with E-state index in [2.05, 4.69) is 0 Å². The fourth-order valence-electron chi connectivity index (χ4n) is 1.94. The van der Waals surface area contributed by atoms with Gasteiger partial charge in [-0.3, -0.25) is 9.59 Å². The summed E-state index contributed by atoms with van der Waals surface area (Å²) in [6, 6.07) is 5.63. The lowest BCUT2D eigenvalue weighted by atomic mass is 9.95. The molecule has 0 aliphatic heterocycles. The van der Waals surface area contributed by atoms with E-state index in [1.54, 1.807) is 14.0 Å². The van der Waals surface area contributed by atoms with E-state index in [1.807, 2.05) is 25.1 Å². The average Bonchev–Trinajstić information content (AvgIpc) is 2.36. The zero-order valence-electron chi connectivity index (χ0n) is 11.9. The van der Waals surface area contributed by atoms with Crippen LogP contribution in [-0.2, 0) is 20.7 Å². The van der Waals surface area contributed by atoms with Crippen molar-refractivity contribution in [2.24, 2.45) is 5.92 Å². The third-order valence-electron chi connectivity index (χ3n) is 2.96.